The summed E-state index contributed by atoms with van der Waals surface area (Å²) in [6.07, 6.45) is 4.00. The Morgan fingerprint density at radius 2 is 2.11 bits per heavy atom. The van der Waals surface area contributed by atoms with Crippen LogP contribution in [0.25, 0.3) is 0 Å². The first kappa shape index (κ1) is 12.3. The number of anilines is 1. The predicted octanol–water partition coefficient (Wildman–Crippen LogP) is 1.06. The second-order valence-electron chi connectivity index (χ2n) is 3.92. The Kier molecular flexibility index (Phi) is 4.09. The molecule has 5 heteroatoms. The summed E-state index contributed by atoms with van der Waals surface area (Å²) in [5.41, 5.74) is 1.79. The lowest BCUT2D eigenvalue weighted by Gasteiger charge is -2.06. The smallest absolute Gasteiger partial charge is 0.246 e. The minimum Gasteiger partial charge on any atom is -0.396 e. The van der Waals surface area contributed by atoms with Crippen LogP contribution in [0.15, 0.2) is 42.7 Å². The summed E-state index contributed by atoms with van der Waals surface area (Å²) in [6, 6.07) is 9.20. The Morgan fingerprint density at radius 3 is 2.72 bits per heavy atom. The average molecular weight is 245 g/mol. The third-order valence-electron chi connectivity index (χ3n) is 2.50. The van der Waals surface area contributed by atoms with Crippen molar-refractivity contribution in [2.24, 2.45) is 0 Å². The van der Waals surface area contributed by atoms with Gasteiger partial charge in [0.2, 0.25) is 5.91 Å². The fourth-order valence-corrected chi connectivity index (χ4v) is 1.63. The van der Waals surface area contributed by atoms with E-state index in [0.29, 0.717) is 6.42 Å². The highest BCUT2D eigenvalue weighted by Gasteiger charge is 2.03. The number of carbonyl (C=O) groups is 1. The van der Waals surface area contributed by atoms with Crippen LogP contribution in [0.4, 0.5) is 5.69 Å². The van der Waals surface area contributed by atoms with Crippen molar-refractivity contribution in [1.29, 1.82) is 0 Å². The van der Waals surface area contributed by atoms with E-state index in [-0.39, 0.29) is 19.1 Å². The number of nitrogens with one attached hydrogen (secondary N) is 1. The van der Waals surface area contributed by atoms with Crippen molar-refractivity contribution in [3.8, 4) is 0 Å². The van der Waals surface area contributed by atoms with Gasteiger partial charge in [-0.3, -0.25) is 9.48 Å². The van der Waals surface area contributed by atoms with Gasteiger partial charge in [-0.05, 0) is 30.2 Å². The first-order chi connectivity index (χ1) is 8.78. The minimum absolute atomic E-state index is 0.117. The van der Waals surface area contributed by atoms with Crippen LogP contribution in [0, 0.1) is 0 Å². The van der Waals surface area contributed by atoms with Gasteiger partial charge >= 0.3 is 0 Å². The molecular weight excluding hydrogens is 230 g/mol. The quantitative estimate of drug-likeness (QED) is 0.827. The maximum absolute atomic E-state index is 11.7. The van der Waals surface area contributed by atoms with E-state index >= 15 is 0 Å². The van der Waals surface area contributed by atoms with E-state index in [9.17, 15) is 4.79 Å². The van der Waals surface area contributed by atoms with Gasteiger partial charge in [-0.2, -0.15) is 5.10 Å². The van der Waals surface area contributed by atoms with Crippen molar-refractivity contribution in [1.82, 2.24) is 9.78 Å². The molecule has 0 saturated carbocycles. The largest absolute Gasteiger partial charge is 0.396 e. The molecule has 94 valence electrons. The number of amides is 1. The van der Waals surface area contributed by atoms with Crippen molar-refractivity contribution in [3.63, 3.8) is 0 Å². The lowest BCUT2D eigenvalue weighted by Crippen LogP contribution is -2.18. The summed E-state index contributed by atoms with van der Waals surface area (Å²) < 4.78 is 1.56. The summed E-state index contributed by atoms with van der Waals surface area (Å²) in [5.74, 6) is -0.117. The number of hydrogen-bond donors (Lipinski definition) is 2. The summed E-state index contributed by atoms with van der Waals surface area (Å²) in [5, 5.41) is 15.6. The zero-order valence-electron chi connectivity index (χ0n) is 9.91. The molecule has 2 aromatic rings. The van der Waals surface area contributed by atoms with Gasteiger partial charge in [-0.1, -0.05) is 12.1 Å². The molecule has 0 aliphatic rings. The molecule has 0 atom stereocenters. The average Bonchev–Trinajstić information content (AvgIpc) is 2.84. The van der Waals surface area contributed by atoms with Gasteiger partial charge in [-0.25, -0.2) is 0 Å². The Bertz CT molecular complexity index is 491. The fourth-order valence-electron chi connectivity index (χ4n) is 1.63. The number of benzene rings is 1. The number of aliphatic hydroxyl groups excluding tert-OH is 1. The van der Waals surface area contributed by atoms with Crippen LogP contribution in [0.5, 0.6) is 0 Å². The number of aliphatic hydroxyl groups is 1. The van der Waals surface area contributed by atoms with E-state index in [2.05, 4.69) is 10.4 Å². The van der Waals surface area contributed by atoms with E-state index in [1.54, 1.807) is 23.1 Å². The van der Waals surface area contributed by atoms with Gasteiger partial charge in [0.25, 0.3) is 0 Å². The number of aromatic nitrogens is 2. The van der Waals surface area contributed by atoms with Gasteiger partial charge < -0.3 is 10.4 Å². The number of hydrogen-bond acceptors (Lipinski definition) is 3. The Balaban J connectivity index is 1.90. The zero-order valence-corrected chi connectivity index (χ0v) is 9.91. The second-order valence-corrected chi connectivity index (χ2v) is 3.92. The van der Waals surface area contributed by atoms with Gasteiger partial charge in [-0.15, -0.1) is 0 Å². The monoisotopic (exact) mass is 245 g/mol. The highest BCUT2D eigenvalue weighted by molar-refractivity contribution is 5.90. The fraction of sp³-hybridized carbons (Fsp3) is 0.231. The molecule has 0 aliphatic heterocycles. The van der Waals surface area contributed by atoms with Crippen molar-refractivity contribution >= 4 is 11.6 Å². The molecule has 0 radical (unpaired) electrons. The molecule has 0 saturated heterocycles. The van der Waals surface area contributed by atoms with Crippen LogP contribution in [0.3, 0.4) is 0 Å². The molecule has 0 aliphatic carbocycles. The predicted molar refractivity (Wildman–Crippen MR) is 68.1 cm³/mol. The van der Waals surface area contributed by atoms with Crippen molar-refractivity contribution in [2.45, 2.75) is 13.0 Å². The molecule has 0 spiro atoms. The van der Waals surface area contributed by atoms with Gasteiger partial charge in [0.1, 0.15) is 6.54 Å². The topological polar surface area (TPSA) is 67.2 Å². The molecule has 18 heavy (non-hydrogen) atoms. The molecule has 5 nitrogen and oxygen atoms in total. The van der Waals surface area contributed by atoms with Crippen LogP contribution >= 0.6 is 0 Å². The lowest BCUT2D eigenvalue weighted by molar-refractivity contribution is -0.116. The first-order valence-corrected chi connectivity index (χ1v) is 5.75. The van der Waals surface area contributed by atoms with Crippen LogP contribution in [0.2, 0.25) is 0 Å². The molecule has 0 unspecified atom stereocenters. The van der Waals surface area contributed by atoms with E-state index in [4.69, 9.17) is 5.11 Å². The van der Waals surface area contributed by atoms with Crippen molar-refractivity contribution in [2.75, 3.05) is 11.9 Å². The van der Waals surface area contributed by atoms with Crippen molar-refractivity contribution in [3.05, 3.63) is 48.3 Å². The molecule has 1 aromatic carbocycles. The normalized spacial score (nSPS) is 10.3. The third kappa shape index (κ3) is 3.43. The van der Waals surface area contributed by atoms with Gasteiger partial charge in [0, 0.05) is 24.7 Å². The van der Waals surface area contributed by atoms with Crippen LogP contribution < -0.4 is 5.32 Å². The van der Waals surface area contributed by atoms with E-state index < -0.39 is 0 Å². The Hall–Kier alpha value is -2.14. The number of rotatable bonds is 5. The standard InChI is InChI=1S/C13H15N3O2/c17-9-6-11-2-4-12(5-3-11)15-13(18)10-16-8-1-7-14-16/h1-5,7-8,17H,6,9-10H2,(H,15,18). The van der Waals surface area contributed by atoms with Crippen molar-refractivity contribution < 1.29 is 9.90 Å². The van der Waals surface area contributed by atoms with Crippen LogP contribution in [-0.4, -0.2) is 27.4 Å². The summed E-state index contributed by atoms with van der Waals surface area (Å²) >= 11 is 0. The highest BCUT2D eigenvalue weighted by atomic mass is 16.2. The Morgan fingerprint density at radius 1 is 1.33 bits per heavy atom. The molecular formula is C13H15N3O2. The molecule has 0 bridgehead atoms. The maximum atomic E-state index is 11.7. The minimum atomic E-state index is -0.117. The van der Waals surface area contributed by atoms with Crippen LogP contribution in [0.1, 0.15) is 5.56 Å². The highest BCUT2D eigenvalue weighted by Crippen LogP contribution is 2.09. The van der Waals surface area contributed by atoms with E-state index in [0.717, 1.165) is 11.3 Å². The summed E-state index contributed by atoms with van der Waals surface area (Å²) in [4.78, 5) is 11.7. The van der Waals surface area contributed by atoms with E-state index in [1.807, 2.05) is 24.3 Å². The SMILES string of the molecule is O=C(Cn1cccn1)Nc1ccc(CCO)cc1. The molecule has 2 rings (SSSR count). The second kappa shape index (κ2) is 5.97. The van der Waals surface area contributed by atoms with Gasteiger partial charge in [0.15, 0.2) is 0 Å². The number of nitrogens with zero attached hydrogens (tertiary/aromatic N) is 2. The molecule has 0 fully saturated rings. The molecule has 1 aromatic heterocycles. The molecule has 1 heterocycles. The van der Waals surface area contributed by atoms with E-state index in [1.165, 1.54) is 0 Å². The number of carbonyl (C=O) groups excluding carboxylic acids is 1. The maximum Gasteiger partial charge on any atom is 0.246 e. The van der Waals surface area contributed by atoms with Crippen LogP contribution in [-0.2, 0) is 17.8 Å². The lowest BCUT2D eigenvalue weighted by atomic mass is 10.1. The van der Waals surface area contributed by atoms with Gasteiger partial charge in [0.05, 0.1) is 0 Å². The zero-order chi connectivity index (χ0) is 12.8. The summed E-state index contributed by atoms with van der Waals surface area (Å²) in [6.45, 7) is 0.330. The first-order valence-electron chi connectivity index (χ1n) is 5.75. The molecule has 2 N–H and O–H groups in total. The molecule has 1 amide bonds. The summed E-state index contributed by atoms with van der Waals surface area (Å²) in [7, 11) is 0. The third-order valence-corrected chi connectivity index (χ3v) is 2.50. The Labute approximate surface area is 105 Å².